The summed E-state index contributed by atoms with van der Waals surface area (Å²) in [6, 6.07) is 1.71. The highest BCUT2D eigenvalue weighted by molar-refractivity contribution is 5.75. The molecule has 0 aliphatic rings. The zero-order valence-corrected chi connectivity index (χ0v) is 11.4. The molecule has 2 rings (SSSR count). The van der Waals surface area contributed by atoms with Gasteiger partial charge >= 0.3 is 6.18 Å². The lowest BCUT2D eigenvalue weighted by Gasteiger charge is -2.25. The van der Waals surface area contributed by atoms with Crippen LogP contribution in [0.1, 0.15) is 26.6 Å². The van der Waals surface area contributed by atoms with Crippen molar-refractivity contribution in [1.82, 2.24) is 14.5 Å². The Kier molecular flexibility index (Phi) is 3.49. The molecule has 0 amide bonds. The van der Waals surface area contributed by atoms with Gasteiger partial charge in [-0.1, -0.05) is 0 Å². The SMILES string of the molecule is CC(C)(C)n1c(CC(O)C(F)(F)F)nc2cnccc21. The van der Waals surface area contributed by atoms with E-state index in [1.54, 1.807) is 16.8 Å². The van der Waals surface area contributed by atoms with Crippen molar-refractivity contribution >= 4 is 11.0 Å². The summed E-state index contributed by atoms with van der Waals surface area (Å²) in [6.45, 7) is 5.62. The molecule has 0 radical (unpaired) electrons. The van der Waals surface area contributed by atoms with E-state index in [2.05, 4.69) is 9.97 Å². The number of alkyl halides is 3. The number of imidazole rings is 1. The van der Waals surface area contributed by atoms with Crippen LogP contribution in [-0.4, -0.2) is 31.9 Å². The molecule has 1 N–H and O–H groups in total. The van der Waals surface area contributed by atoms with Crippen LogP contribution in [0.4, 0.5) is 13.2 Å². The molecule has 0 aliphatic heterocycles. The molecule has 0 fully saturated rings. The first-order chi connectivity index (χ1) is 9.10. The minimum absolute atomic E-state index is 0.199. The molecule has 1 unspecified atom stereocenters. The fourth-order valence-corrected chi connectivity index (χ4v) is 2.16. The Balaban J connectivity index is 2.53. The van der Waals surface area contributed by atoms with Gasteiger partial charge in [-0.2, -0.15) is 13.2 Å². The summed E-state index contributed by atoms with van der Waals surface area (Å²) in [4.78, 5) is 8.09. The van der Waals surface area contributed by atoms with Gasteiger partial charge < -0.3 is 9.67 Å². The van der Waals surface area contributed by atoms with Gasteiger partial charge in [0.2, 0.25) is 0 Å². The minimum atomic E-state index is -4.65. The smallest absolute Gasteiger partial charge is 0.383 e. The Bertz CT molecular complexity index is 613. The van der Waals surface area contributed by atoms with Crippen LogP contribution in [0.25, 0.3) is 11.0 Å². The maximum absolute atomic E-state index is 12.5. The van der Waals surface area contributed by atoms with Crippen LogP contribution in [0, 0.1) is 0 Å². The van der Waals surface area contributed by atoms with Crippen LogP contribution < -0.4 is 0 Å². The van der Waals surface area contributed by atoms with Crippen LogP contribution in [0.5, 0.6) is 0 Å². The predicted octanol–water partition coefficient (Wildman–Crippen LogP) is 2.65. The lowest BCUT2D eigenvalue weighted by Crippen LogP contribution is -2.33. The van der Waals surface area contributed by atoms with Crippen LogP contribution in [0.3, 0.4) is 0 Å². The zero-order valence-electron chi connectivity index (χ0n) is 11.4. The molecule has 0 aromatic carbocycles. The Morgan fingerprint density at radius 3 is 2.50 bits per heavy atom. The molecular formula is C13H16F3N3O. The third-order valence-corrected chi connectivity index (χ3v) is 2.95. The quantitative estimate of drug-likeness (QED) is 0.924. The first kappa shape index (κ1) is 14.8. The number of hydrogen-bond donors (Lipinski definition) is 1. The second-order valence-corrected chi connectivity index (χ2v) is 5.66. The van der Waals surface area contributed by atoms with Crippen LogP contribution in [0.2, 0.25) is 0 Å². The van der Waals surface area contributed by atoms with E-state index in [1.165, 1.54) is 6.20 Å². The number of fused-ring (bicyclic) bond motifs is 1. The van der Waals surface area contributed by atoms with Crippen LogP contribution >= 0.6 is 0 Å². The second-order valence-electron chi connectivity index (χ2n) is 5.66. The molecule has 1 atom stereocenters. The number of aliphatic hydroxyl groups excluding tert-OH is 1. The summed E-state index contributed by atoms with van der Waals surface area (Å²) in [6.07, 6.45) is -4.58. The highest BCUT2D eigenvalue weighted by Gasteiger charge is 2.39. The minimum Gasteiger partial charge on any atom is -0.383 e. The maximum Gasteiger partial charge on any atom is 0.414 e. The molecule has 0 spiro atoms. The molecule has 2 heterocycles. The Hall–Kier alpha value is -1.63. The van der Waals surface area contributed by atoms with Crippen molar-refractivity contribution in [1.29, 1.82) is 0 Å². The van der Waals surface area contributed by atoms with Crippen molar-refractivity contribution in [3.8, 4) is 0 Å². The van der Waals surface area contributed by atoms with E-state index in [0.29, 0.717) is 11.0 Å². The molecule has 0 aliphatic carbocycles. The number of aromatic nitrogens is 3. The fourth-order valence-electron chi connectivity index (χ4n) is 2.16. The summed E-state index contributed by atoms with van der Waals surface area (Å²) in [7, 11) is 0. The van der Waals surface area contributed by atoms with E-state index in [9.17, 15) is 18.3 Å². The van der Waals surface area contributed by atoms with Gasteiger partial charge in [0.05, 0.1) is 11.7 Å². The van der Waals surface area contributed by atoms with E-state index < -0.39 is 24.2 Å². The third-order valence-electron chi connectivity index (χ3n) is 2.95. The summed E-state index contributed by atoms with van der Waals surface area (Å²) >= 11 is 0. The lowest BCUT2D eigenvalue weighted by molar-refractivity contribution is -0.203. The van der Waals surface area contributed by atoms with Crippen molar-refractivity contribution < 1.29 is 18.3 Å². The summed E-state index contributed by atoms with van der Waals surface area (Å²) in [5.41, 5.74) is 0.778. The second kappa shape index (κ2) is 4.73. The van der Waals surface area contributed by atoms with Gasteiger partial charge in [0.25, 0.3) is 0 Å². The molecule has 0 saturated carbocycles. The monoisotopic (exact) mass is 287 g/mol. The number of halogens is 3. The Labute approximate surface area is 114 Å². The molecule has 4 nitrogen and oxygen atoms in total. The number of rotatable bonds is 2. The molecule has 20 heavy (non-hydrogen) atoms. The molecular weight excluding hydrogens is 271 g/mol. The highest BCUT2D eigenvalue weighted by atomic mass is 19.4. The number of aliphatic hydroxyl groups is 1. The normalized spacial score (nSPS) is 14.8. The van der Waals surface area contributed by atoms with Crippen LogP contribution in [0.15, 0.2) is 18.5 Å². The van der Waals surface area contributed by atoms with Gasteiger partial charge in [0.1, 0.15) is 11.3 Å². The van der Waals surface area contributed by atoms with E-state index in [0.717, 1.165) is 0 Å². The van der Waals surface area contributed by atoms with Crippen molar-refractivity contribution in [2.24, 2.45) is 0 Å². The predicted molar refractivity (Wildman–Crippen MR) is 68.3 cm³/mol. The van der Waals surface area contributed by atoms with E-state index in [-0.39, 0.29) is 5.82 Å². The molecule has 110 valence electrons. The van der Waals surface area contributed by atoms with Gasteiger partial charge in [-0.15, -0.1) is 0 Å². The first-order valence-electron chi connectivity index (χ1n) is 6.17. The largest absolute Gasteiger partial charge is 0.414 e. The van der Waals surface area contributed by atoms with Crippen molar-refractivity contribution in [2.75, 3.05) is 0 Å². The molecule has 7 heteroatoms. The van der Waals surface area contributed by atoms with Crippen molar-refractivity contribution in [2.45, 2.75) is 45.0 Å². The van der Waals surface area contributed by atoms with E-state index in [1.807, 2.05) is 20.8 Å². The molecule has 0 bridgehead atoms. The average molecular weight is 287 g/mol. The van der Waals surface area contributed by atoms with Gasteiger partial charge in [-0.25, -0.2) is 4.98 Å². The topological polar surface area (TPSA) is 50.9 Å². The van der Waals surface area contributed by atoms with Gasteiger partial charge in [-0.05, 0) is 26.8 Å². The number of nitrogens with zero attached hydrogens (tertiary/aromatic N) is 3. The summed E-state index contributed by atoms with van der Waals surface area (Å²) in [5.74, 6) is 0.199. The summed E-state index contributed by atoms with van der Waals surface area (Å²) < 4.78 is 39.3. The molecule has 2 aromatic heterocycles. The van der Waals surface area contributed by atoms with E-state index >= 15 is 0 Å². The maximum atomic E-state index is 12.5. The van der Waals surface area contributed by atoms with Gasteiger partial charge in [0, 0.05) is 18.2 Å². The van der Waals surface area contributed by atoms with E-state index in [4.69, 9.17) is 0 Å². The summed E-state index contributed by atoms with van der Waals surface area (Å²) in [5, 5.41) is 9.26. The lowest BCUT2D eigenvalue weighted by atomic mass is 10.1. The van der Waals surface area contributed by atoms with Gasteiger partial charge in [-0.3, -0.25) is 4.98 Å². The highest BCUT2D eigenvalue weighted by Crippen LogP contribution is 2.28. The number of hydrogen-bond acceptors (Lipinski definition) is 3. The van der Waals surface area contributed by atoms with Crippen LogP contribution in [-0.2, 0) is 12.0 Å². The Morgan fingerprint density at radius 2 is 1.95 bits per heavy atom. The van der Waals surface area contributed by atoms with Crippen molar-refractivity contribution in [3.05, 3.63) is 24.3 Å². The standard InChI is InChI=1S/C13H16F3N3O/c1-12(2,3)19-9-4-5-17-7-8(9)18-11(19)6-10(20)13(14,15)16/h4-5,7,10,20H,6H2,1-3H3. The Morgan fingerprint density at radius 1 is 1.30 bits per heavy atom. The first-order valence-corrected chi connectivity index (χ1v) is 6.17. The number of pyridine rings is 1. The fraction of sp³-hybridized carbons (Fsp3) is 0.538. The molecule has 2 aromatic rings. The zero-order chi connectivity index (χ0) is 15.1. The van der Waals surface area contributed by atoms with Crippen molar-refractivity contribution in [3.63, 3.8) is 0 Å². The van der Waals surface area contributed by atoms with Gasteiger partial charge in [0.15, 0.2) is 6.10 Å². The average Bonchev–Trinajstić information content (AvgIpc) is 2.64. The molecule has 0 saturated heterocycles. The third kappa shape index (κ3) is 2.77.